The van der Waals surface area contributed by atoms with Gasteiger partial charge in [0.1, 0.15) is 11.9 Å². The quantitative estimate of drug-likeness (QED) is 0.432. The van der Waals surface area contributed by atoms with Crippen molar-refractivity contribution in [1.29, 1.82) is 0 Å². The molecule has 7 nitrogen and oxygen atoms in total. The lowest BCUT2D eigenvalue weighted by Gasteiger charge is -2.17. The summed E-state index contributed by atoms with van der Waals surface area (Å²) in [6, 6.07) is 14.0. The van der Waals surface area contributed by atoms with Crippen LogP contribution in [0.5, 0.6) is 5.75 Å². The molecule has 1 aliphatic heterocycles. The molecule has 0 spiro atoms. The molecule has 172 valence electrons. The van der Waals surface area contributed by atoms with E-state index >= 15 is 0 Å². The summed E-state index contributed by atoms with van der Waals surface area (Å²) in [5, 5.41) is 9.62. The van der Waals surface area contributed by atoms with Crippen molar-refractivity contribution in [2.75, 3.05) is 19.0 Å². The highest BCUT2D eigenvalue weighted by Gasteiger charge is 2.23. The normalized spacial score (nSPS) is 16.2. The second-order valence-corrected chi connectivity index (χ2v) is 8.25. The maximum absolute atomic E-state index is 12.3. The van der Waals surface area contributed by atoms with Gasteiger partial charge in [0.15, 0.2) is 5.96 Å². The van der Waals surface area contributed by atoms with E-state index in [0.29, 0.717) is 25.7 Å². The summed E-state index contributed by atoms with van der Waals surface area (Å²) >= 11 is 0. The summed E-state index contributed by atoms with van der Waals surface area (Å²) in [4.78, 5) is 16.6. The third-order valence-electron chi connectivity index (χ3n) is 5.13. The van der Waals surface area contributed by atoms with Crippen molar-refractivity contribution in [2.45, 2.75) is 58.9 Å². The number of hydrogen-bond donors (Lipinski definition) is 3. The Balaban J connectivity index is 1.54. The van der Waals surface area contributed by atoms with Gasteiger partial charge in [0.25, 0.3) is 5.91 Å². The predicted molar refractivity (Wildman–Crippen MR) is 128 cm³/mol. The number of nitrogens with zero attached hydrogens (tertiary/aromatic N) is 1. The zero-order chi connectivity index (χ0) is 22.9. The lowest BCUT2D eigenvalue weighted by atomic mass is 10.1. The van der Waals surface area contributed by atoms with Crippen molar-refractivity contribution < 1.29 is 14.3 Å². The predicted octanol–water partition coefficient (Wildman–Crippen LogP) is 3.76. The molecule has 0 aliphatic carbocycles. The Kier molecular flexibility index (Phi) is 8.50. The minimum atomic E-state index is -0.342. The number of aliphatic imine (C=N–C) groups is 1. The van der Waals surface area contributed by atoms with Crippen molar-refractivity contribution in [1.82, 2.24) is 10.6 Å². The molecule has 0 saturated carbocycles. The van der Waals surface area contributed by atoms with Gasteiger partial charge < -0.3 is 25.4 Å². The van der Waals surface area contributed by atoms with Gasteiger partial charge in [0, 0.05) is 38.0 Å². The average molecular weight is 439 g/mol. The highest BCUT2D eigenvalue weighted by molar-refractivity contribution is 5.94. The minimum Gasteiger partial charge on any atom is -0.491 e. The van der Waals surface area contributed by atoms with E-state index in [1.165, 1.54) is 5.56 Å². The van der Waals surface area contributed by atoms with Gasteiger partial charge in [-0.05, 0) is 62.9 Å². The second kappa shape index (κ2) is 11.5. The topological polar surface area (TPSA) is 84.0 Å². The molecule has 32 heavy (non-hydrogen) atoms. The van der Waals surface area contributed by atoms with Crippen LogP contribution in [-0.4, -0.2) is 37.7 Å². The fraction of sp³-hybridized carbons (Fsp3) is 0.440. The number of anilines is 1. The summed E-state index contributed by atoms with van der Waals surface area (Å²) in [5.41, 5.74) is 4.05. The van der Waals surface area contributed by atoms with Gasteiger partial charge in [-0.1, -0.05) is 24.3 Å². The molecule has 1 atom stereocenters. The van der Waals surface area contributed by atoms with Crippen LogP contribution in [-0.2, 0) is 22.6 Å². The number of ether oxygens (including phenoxy) is 2. The van der Waals surface area contributed by atoms with Gasteiger partial charge in [-0.2, -0.15) is 0 Å². The molecular weight excluding hydrogens is 404 g/mol. The molecule has 7 heteroatoms. The van der Waals surface area contributed by atoms with Crippen LogP contribution in [0.3, 0.4) is 0 Å². The Morgan fingerprint density at radius 1 is 1.19 bits per heavy atom. The molecular formula is C25H34N4O3. The molecule has 0 bridgehead atoms. The first-order chi connectivity index (χ1) is 15.4. The van der Waals surface area contributed by atoms with E-state index < -0.39 is 0 Å². The largest absolute Gasteiger partial charge is 0.491 e. The molecule has 3 rings (SSSR count). The molecule has 1 saturated heterocycles. The number of hydrogen-bond acceptors (Lipinski definition) is 4. The average Bonchev–Trinajstić information content (AvgIpc) is 3.30. The Bertz CT molecular complexity index is 937. The molecule has 3 N–H and O–H groups in total. The van der Waals surface area contributed by atoms with Crippen LogP contribution in [0.1, 0.15) is 43.4 Å². The number of carbonyl (C=O) groups is 1. The standard InChI is InChI=1S/C25H34N4O3/c1-17(2)32-23-13-18(3)10-11-20(23)16-28-25(26-4)27-15-19-7-5-8-21(14-19)29-24(30)22-9-6-12-31-22/h5,7-8,10-11,13-14,17,22H,6,9,12,15-16H2,1-4H3,(H,29,30)(H2,26,27,28). The van der Waals surface area contributed by atoms with E-state index in [-0.39, 0.29) is 18.1 Å². The Hall–Kier alpha value is -3.06. The number of amides is 1. The first kappa shape index (κ1) is 23.6. The summed E-state index contributed by atoms with van der Waals surface area (Å²) in [6.07, 6.45) is 1.48. The summed E-state index contributed by atoms with van der Waals surface area (Å²) < 4.78 is 11.4. The van der Waals surface area contributed by atoms with E-state index in [4.69, 9.17) is 9.47 Å². The van der Waals surface area contributed by atoms with Crippen LogP contribution in [0.15, 0.2) is 47.5 Å². The van der Waals surface area contributed by atoms with E-state index in [0.717, 1.165) is 35.4 Å². The first-order valence-corrected chi connectivity index (χ1v) is 11.2. The Morgan fingerprint density at radius 3 is 2.72 bits per heavy atom. The molecule has 1 aliphatic rings. The van der Waals surface area contributed by atoms with E-state index in [2.05, 4.69) is 46.1 Å². The molecule has 2 aromatic rings. The molecule has 1 unspecified atom stereocenters. The second-order valence-electron chi connectivity index (χ2n) is 8.25. The zero-order valence-corrected chi connectivity index (χ0v) is 19.4. The van der Waals surface area contributed by atoms with Crippen LogP contribution in [0.4, 0.5) is 5.69 Å². The van der Waals surface area contributed by atoms with Gasteiger partial charge in [-0.15, -0.1) is 0 Å². The minimum absolute atomic E-state index is 0.0809. The highest BCUT2D eigenvalue weighted by Crippen LogP contribution is 2.21. The third-order valence-corrected chi connectivity index (χ3v) is 5.13. The van der Waals surface area contributed by atoms with Gasteiger partial charge in [0.05, 0.1) is 6.10 Å². The van der Waals surface area contributed by atoms with E-state index in [1.54, 1.807) is 7.05 Å². The number of guanidine groups is 1. The molecule has 2 aromatic carbocycles. The van der Waals surface area contributed by atoms with Crippen LogP contribution >= 0.6 is 0 Å². The number of nitrogens with one attached hydrogen (secondary N) is 3. The van der Waals surface area contributed by atoms with E-state index in [1.807, 2.05) is 38.1 Å². The van der Waals surface area contributed by atoms with Crippen LogP contribution in [0, 0.1) is 6.92 Å². The van der Waals surface area contributed by atoms with Gasteiger partial charge in [-0.3, -0.25) is 9.79 Å². The highest BCUT2D eigenvalue weighted by atomic mass is 16.5. The van der Waals surface area contributed by atoms with Crippen molar-refractivity contribution in [3.8, 4) is 5.75 Å². The lowest BCUT2D eigenvalue weighted by molar-refractivity contribution is -0.124. The maximum atomic E-state index is 12.3. The number of aryl methyl sites for hydroxylation is 1. The van der Waals surface area contributed by atoms with Gasteiger partial charge in [-0.25, -0.2) is 0 Å². The van der Waals surface area contributed by atoms with Crippen molar-refractivity contribution in [3.05, 3.63) is 59.2 Å². The number of carbonyl (C=O) groups excluding carboxylic acids is 1. The lowest BCUT2D eigenvalue weighted by Crippen LogP contribution is -2.36. The fourth-order valence-electron chi connectivity index (χ4n) is 3.52. The third kappa shape index (κ3) is 6.99. The van der Waals surface area contributed by atoms with Crippen molar-refractivity contribution >= 4 is 17.6 Å². The summed E-state index contributed by atoms with van der Waals surface area (Å²) in [6.45, 7) is 7.94. The first-order valence-electron chi connectivity index (χ1n) is 11.2. The van der Waals surface area contributed by atoms with Crippen molar-refractivity contribution in [2.24, 2.45) is 4.99 Å². The molecule has 0 aromatic heterocycles. The van der Waals surface area contributed by atoms with Crippen molar-refractivity contribution in [3.63, 3.8) is 0 Å². The number of rotatable bonds is 8. The monoisotopic (exact) mass is 438 g/mol. The van der Waals surface area contributed by atoms with Crippen LogP contribution in [0.25, 0.3) is 0 Å². The zero-order valence-electron chi connectivity index (χ0n) is 19.4. The smallest absolute Gasteiger partial charge is 0.253 e. The SMILES string of the molecule is CN=C(NCc1cccc(NC(=O)C2CCCO2)c1)NCc1ccc(C)cc1OC(C)C. The Labute approximate surface area is 190 Å². The van der Waals surface area contributed by atoms with Crippen LogP contribution in [0.2, 0.25) is 0 Å². The van der Waals surface area contributed by atoms with Gasteiger partial charge in [0.2, 0.25) is 0 Å². The van der Waals surface area contributed by atoms with Gasteiger partial charge >= 0.3 is 0 Å². The van der Waals surface area contributed by atoms with E-state index in [9.17, 15) is 4.79 Å². The number of benzene rings is 2. The molecule has 0 radical (unpaired) electrons. The Morgan fingerprint density at radius 2 is 2.00 bits per heavy atom. The summed E-state index contributed by atoms with van der Waals surface area (Å²) in [5.74, 6) is 1.50. The molecule has 1 amide bonds. The fourth-order valence-corrected chi connectivity index (χ4v) is 3.52. The molecule has 1 heterocycles. The van der Waals surface area contributed by atoms with Crippen LogP contribution < -0.4 is 20.7 Å². The summed E-state index contributed by atoms with van der Waals surface area (Å²) in [7, 11) is 1.74. The molecule has 1 fully saturated rings. The maximum Gasteiger partial charge on any atom is 0.253 e.